The molecule has 1 aliphatic rings. The second kappa shape index (κ2) is 8.19. The number of anilines is 2. The van der Waals surface area contributed by atoms with Crippen LogP contribution in [0.4, 0.5) is 11.4 Å². The van der Waals surface area contributed by atoms with Gasteiger partial charge in [0.05, 0.1) is 11.6 Å². The van der Waals surface area contributed by atoms with E-state index in [1.54, 1.807) is 0 Å². The van der Waals surface area contributed by atoms with Crippen LogP contribution in [0.5, 0.6) is 0 Å². The van der Waals surface area contributed by atoms with Crippen LogP contribution in [-0.4, -0.2) is 18.1 Å². The van der Waals surface area contributed by atoms with Gasteiger partial charge in [0.1, 0.15) is 0 Å². The lowest BCUT2D eigenvalue weighted by Gasteiger charge is -2.23. The maximum absolute atomic E-state index is 4.85. The first-order valence-corrected chi connectivity index (χ1v) is 10.8. The number of hydrogen-bond acceptors (Lipinski definition) is 3. The van der Waals surface area contributed by atoms with Crippen LogP contribution in [0.3, 0.4) is 0 Å². The molecule has 30 heavy (non-hydrogen) atoms. The molecule has 0 aliphatic carbocycles. The summed E-state index contributed by atoms with van der Waals surface area (Å²) in [6.45, 7) is 4.38. The number of aromatic nitrogens is 1. The Morgan fingerprint density at radius 3 is 2.07 bits per heavy atom. The predicted molar refractivity (Wildman–Crippen MR) is 126 cm³/mol. The maximum Gasteiger partial charge on any atom is 0.0767 e. The molecular formula is C27H27N3. The van der Waals surface area contributed by atoms with E-state index in [-0.39, 0.29) is 6.04 Å². The zero-order valence-electron chi connectivity index (χ0n) is 17.4. The number of benzene rings is 3. The van der Waals surface area contributed by atoms with Gasteiger partial charge in [-0.2, -0.15) is 0 Å². The second-order valence-corrected chi connectivity index (χ2v) is 8.11. The summed E-state index contributed by atoms with van der Waals surface area (Å²) in [5.41, 5.74) is 7.04. The molecule has 1 aromatic heterocycles. The van der Waals surface area contributed by atoms with Crippen LogP contribution in [0.2, 0.25) is 0 Å². The van der Waals surface area contributed by atoms with Crippen LogP contribution in [0.1, 0.15) is 35.7 Å². The van der Waals surface area contributed by atoms with Crippen LogP contribution in [0.15, 0.2) is 84.9 Å². The van der Waals surface area contributed by atoms with Crippen molar-refractivity contribution in [3.63, 3.8) is 0 Å². The summed E-state index contributed by atoms with van der Waals surface area (Å²) in [4.78, 5) is 7.36. The molecule has 3 aromatic carbocycles. The highest BCUT2D eigenvalue weighted by Gasteiger charge is 2.17. The summed E-state index contributed by atoms with van der Waals surface area (Å²) in [5.74, 6) is 0. The van der Waals surface area contributed by atoms with Gasteiger partial charge in [-0.05, 0) is 55.2 Å². The highest BCUT2D eigenvalue weighted by Crippen LogP contribution is 2.33. The molecule has 0 unspecified atom stereocenters. The van der Waals surface area contributed by atoms with Gasteiger partial charge in [0, 0.05) is 35.5 Å². The summed E-state index contributed by atoms with van der Waals surface area (Å²) in [5, 5.41) is 5.00. The van der Waals surface area contributed by atoms with Gasteiger partial charge in [-0.1, -0.05) is 60.7 Å². The average Bonchev–Trinajstić information content (AvgIpc) is 3.33. The largest absolute Gasteiger partial charge is 0.374 e. The molecule has 0 atom stereocenters. The highest BCUT2D eigenvalue weighted by atomic mass is 15.1. The molecule has 1 saturated heterocycles. The number of rotatable bonds is 5. The van der Waals surface area contributed by atoms with Crippen molar-refractivity contribution in [2.45, 2.75) is 25.8 Å². The van der Waals surface area contributed by atoms with E-state index >= 15 is 0 Å². The van der Waals surface area contributed by atoms with Crippen molar-refractivity contribution in [1.29, 1.82) is 0 Å². The molecule has 1 aliphatic heterocycles. The van der Waals surface area contributed by atoms with Crippen LogP contribution in [0, 0.1) is 6.92 Å². The van der Waals surface area contributed by atoms with Crippen molar-refractivity contribution in [3.05, 3.63) is 102 Å². The van der Waals surface area contributed by atoms with E-state index in [0.717, 1.165) is 30.0 Å². The second-order valence-electron chi connectivity index (χ2n) is 8.11. The lowest BCUT2D eigenvalue weighted by atomic mass is 9.98. The van der Waals surface area contributed by atoms with Crippen molar-refractivity contribution < 1.29 is 0 Å². The Morgan fingerprint density at radius 1 is 0.800 bits per heavy atom. The van der Waals surface area contributed by atoms with Gasteiger partial charge in [0.25, 0.3) is 0 Å². The van der Waals surface area contributed by atoms with Crippen molar-refractivity contribution in [2.75, 3.05) is 23.3 Å². The van der Waals surface area contributed by atoms with Crippen molar-refractivity contribution >= 4 is 22.3 Å². The van der Waals surface area contributed by atoms with Gasteiger partial charge in [0.15, 0.2) is 0 Å². The summed E-state index contributed by atoms with van der Waals surface area (Å²) in [6, 6.07) is 30.2. The first kappa shape index (κ1) is 18.7. The Morgan fingerprint density at radius 2 is 1.43 bits per heavy atom. The van der Waals surface area contributed by atoms with E-state index < -0.39 is 0 Å². The Bertz CT molecular complexity index is 1090. The molecule has 5 rings (SSSR count). The fourth-order valence-corrected chi connectivity index (χ4v) is 4.46. The van der Waals surface area contributed by atoms with Crippen LogP contribution < -0.4 is 10.2 Å². The van der Waals surface area contributed by atoms with Crippen LogP contribution in [-0.2, 0) is 0 Å². The summed E-state index contributed by atoms with van der Waals surface area (Å²) in [6.07, 6.45) is 2.55. The Balaban J connectivity index is 1.53. The fourth-order valence-electron chi connectivity index (χ4n) is 4.46. The third-order valence-electron chi connectivity index (χ3n) is 5.94. The maximum atomic E-state index is 4.85. The molecule has 0 amide bonds. The predicted octanol–water partition coefficient (Wildman–Crippen LogP) is 6.34. The first-order valence-electron chi connectivity index (χ1n) is 10.8. The lowest BCUT2D eigenvalue weighted by Crippen LogP contribution is -2.18. The minimum Gasteiger partial charge on any atom is -0.374 e. The van der Waals surface area contributed by atoms with E-state index in [0.29, 0.717) is 0 Å². The third-order valence-corrected chi connectivity index (χ3v) is 5.94. The van der Waals surface area contributed by atoms with Crippen molar-refractivity contribution in [3.8, 4) is 0 Å². The monoisotopic (exact) mass is 393 g/mol. The minimum atomic E-state index is 0.0905. The minimum absolute atomic E-state index is 0.0905. The van der Waals surface area contributed by atoms with Gasteiger partial charge in [-0.25, -0.2) is 0 Å². The normalized spacial score (nSPS) is 13.9. The number of aryl methyl sites for hydroxylation is 1. The molecule has 0 saturated carbocycles. The number of hydrogen-bond donors (Lipinski definition) is 1. The third kappa shape index (κ3) is 3.76. The van der Waals surface area contributed by atoms with Gasteiger partial charge in [-0.15, -0.1) is 0 Å². The molecule has 0 radical (unpaired) electrons. The molecule has 4 aromatic rings. The topological polar surface area (TPSA) is 28.2 Å². The van der Waals surface area contributed by atoms with E-state index in [1.165, 1.54) is 35.0 Å². The summed E-state index contributed by atoms with van der Waals surface area (Å²) in [7, 11) is 0. The molecule has 150 valence electrons. The van der Waals surface area contributed by atoms with Gasteiger partial charge in [0.2, 0.25) is 0 Å². The molecule has 3 heteroatoms. The quantitative estimate of drug-likeness (QED) is 0.428. The smallest absolute Gasteiger partial charge is 0.0767 e. The summed E-state index contributed by atoms with van der Waals surface area (Å²) < 4.78 is 0. The number of pyridine rings is 1. The van der Waals surface area contributed by atoms with E-state index in [1.807, 2.05) is 0 Å². The molecule has 1 N–H and O–H groups in total. The fraction of sp³-hybridized carbons (Fsp3) is 0.222. The first-order chi connectivity index (χ1) is 14.8. The molecule has 0 bridgehead atoms. The zero-order valence-corrected chi connectivity index (χ0v) is 17.4. The standard InChI is InChI=1S/C27H27N3/c1-20-18-26(30-16-8-9-17-30)24-15-14-23(19-25(24)28-20)29-27(21-10-4-2-5-11-21)22-12-6-3-7-13-22/h2-7,10-15,18-19,27,29H,8-9,16-17H2,1H3. The van der Waals surface area contributed by atoms with Crippen molar-refractivity contribution in [2.24, 2.45) is 0 Å². The molecule has 2 heterocycles. The Labute approximate surface area is 178 Å². The van der Waals surface area contributed by atoms with E-state index in [4.69, 9.17) is 4.98 Å². The van der Waals surface area contributed by atoms with Gasteiger partial charge >= 0.3 is 0 Å². The van der Waals surface area contributed by atoms with Crippen LogP contribution >= 0.6 is 0 Å². The molecular weight excluding hydrogens is 366 g/mol. The number of nitrogens with one attached hydrogen (secondary N) is 1. The Hall–Kier alpha value is -3.33. The van der Waals surface area contributed by atoms with Crippen molar-refractivity contribution in [1.82, 2.24) is 4.98 Å². The van der Waals surface area contributed by atoms with Gasteiger partial charge < -0.3 is 10.2 Å². The number of nitrogens with zero attached hydrogens (tertiary/aromatic N) is 2. The lowest BCUT2D eigenvalue weighted by molar-refractivity contribution is 0.939. The van der Waals surface area contributed by atoms with Crippen LogP contribution in [0.25, 0.3) is 10.9 Å². The number of fused-ring (bicyclic) bond motifs is 1. The highest BCUT2D eigenvalue weighted by molar-refractivity contribution is 5.94. The summed E-state index contributed by atoms with van der Waals surface area (Å²) >= 11 is 0. The van der Waals surface area contributed by atoms with E-state index in [9.17, 15) is 0 Å². The molecule has 3 nitrogen and oxygen atoms in total. The SMILES string of the molecule is Cc1cc(N2CCCC2)c2ccc(NC(c3ccccc3)c3ccccc3)cc2n1. The average molecular weight is 394 g/mol. The Kier molecular flexibility index (Phi) is 5.10. The van der Waals surface area contributed by atoms with E-state index in [2.05, 4.69) is 102 Å². The zero-order chi connectivity index (χ0) is 20.3. The molecule has 0 spiro atoms. The van der Waals surface area contributed by atoms with Gasteiger partial charge in [-0.3, -0.25) is 4.98 Å². The molecule has 1 fully saturated rings.